The Kier molecular flexibility index (Phi) is 6.00. The zero-order valence-corrected chi connectivity index (χ0v) is 13.6. The van der Waals surface area contributed by atoms with Gasteiger partial charge in [0.2, 0.25) is 5.91 Å². The maximum Gasteiger partial charge on any atom is 0.238 e. The van der Waals surface area contributed by atoms with Crippen molar-refractivity contribution in [3.63, 3.8) is 0 Å². The first-order chi connectivity index (χ1) is 11.3. The summed E-state index contributed by atoms with van der Waals surface area (Å²) in [5.41, 5.74) is 1.78. The summed E-state index contributed by atoms with van der Waals surface area (Å²) >= 11 is 0. The number of anilines is 1. The highest BCUT2D eigenvalue weighted by molar-refractivity contribution is 5.92. The molecular weight excluding hydrogens is 314 g/mol. The van der Waals surface area contributed by atoms with Gasteiger partial charge in [-0.1, -0.05) is 23.8 Å². The summed E-state index contributed by atoms with van der Waals surface area (Å²) in [7, 11) is 1.64. The second-order valence-corrected chi connectivity index (χ2v) is 5.79. The molecule has 2 N–H and O–H groups in total. The minimum absolute atomic E-state index is 0.00203. The van der Waals surface area contributed by atoms with Crippen LogP contribution in [-0.2, 0) is 4.79 Å². The Balaban J connectivity index is 1.88. The zero-order valence-electron chi connectivity index (χ0n) is 13.6. The Hall–Kier alpha value is -2.31. The van der Waals surface area contributed by atoms with Gasteiger partial charge in [0.1, 0.15) is 11.6 Å². The van der Waals surface area contributed by atoms with Crippen LogP contribution in [0.5, 0.6) is 0 Å². The molecule has 0 bridgehead atoms. The van der Waals surface area contributed by atoms with Gasteiger partial charge in [0, 0.05) is 23.9 Å². The number of aliphatic hydroxyl groups is 1. The van der Waals surface area contributed by atoms with Crippen molar-refractivity contribution in [1.82, 2.24) is 4.90 Å². The number of nitrogens with one attached hydrogen (secondary N) is 1. The van der Waals surface area contributed by atoms with Crippen LogP contribution >= 0.6 is 0 Å². The van der Waals surface area contributed by atoms with Gasteiger partial charge in [-0.3, -0.25) is 9.69 Å². The molecule has 0 fully saturated rings. The molecule has 0 saturated carbocycles. The van der Waals surface area contributed by atoms with Crippen LogP contribution in [0.3, 0.4) is 0 Å². The first kappa shape index (κ1) is 18.0. The van der Waals surface area contributed by atoms with Gasteiger partial charge in [0.15, 0.2) is 0 Å². The van der Waals surface area contributed by atoms with Crippen LogP contribution < -0.4 is 5.32 Å². The van der Waals surface area contributed by atoms with Crippen molar-refractivity contribution in [3.05, 3.63) is 65.2 Å². The lowest BCUT2D eigenvalue weighted by molar-refractivity contribution is -0.117. The van der Waals surface area contributed by atoms with Gasteiger partial charge in [-0.25, -0.2) is 8.78 Å². The van der Waals surface area contributed by atoms with E-state index in [1.54, 1.807) is 24.1 Å². The average molecular weight is 334 g/mol. The average Bonchev–Trinajstić information content (AvgIpc) is 2.49. The molecule has 0 heterocycles. The van der Waals surface area contributed by atoms with E-state index in [1.807, 2.05) is 19.1 Å². The summed E-state index contributed by atoms with van der Waals surface area (Å²) < 4.78 is 26.5. The quantitative estimate of drug-likeness (QED) is 0.854. The van der Waals surface area contributed by atoms with Crippen LogP contribution in [0.15, 0.2) is 42.5 Å². The van der Waals surface area contributed by atoms with Gasteiger partial charge in [0.05, 0.1) is 12.6 Å². The molecule has 0 aliphatic rings. The van der Waals surface area contributed by atoms with E-state index in [2.05, 4.69) is 5.32 Å². The predicted octanol–water partition coefficient (Wildman–Crippen LogP) is 2.88. The Labute approximate surface area is 139 Å². The van der Waals surface area contributed by atoms with Gasteiger partial charge in [0.25, 0.3) is 0 Å². The number of hydrogen-bond acceptors (Lipinski definition) is 3. The summed E-state index contributed by atoms with van der Waals surface area (Å²) in [6.45, 7) is 2.03. The first-order valence-electron chi connectivity index (χ1n) is 7.53. The standard InChI is InChI=1S/C18H20F2N2O2/c1-12-3-6-14(7-4-12)21-18(24)11-22(2)10-17(23)15-8-5-13(19)9-16(15)20/h3-9,17,23H,10-11H2,1-2H3,(H,21,24). The van der Waals surface area contributed by atoms with Crippen LogP contribution in [0.25, 0.3) is 0 Å². The van der Waals surface area contributed by atoms with E-state index in [0.717, 1.165) is 17.7 Å². The van der Waals surface area contributed by atoms with Crippen LogP contribution in [0.1, 0.15) is 17.2 Å². The fourth-order valence-electron chi connectivity index (χ4n) is 2.31. The summed E-state index contributed by atoms with van der Waals surface area (Å²) in [6, 6.07) is 10.4. The van der Waals surface area contributed by atoms with Crippen LogP contribution in [0.2, 0.25) is 0 Å². The molecular formula is C18H20F2N2O2. The third kappa shape index (κ3) is 5.11. The van der Waals surface area contributed by atoms with E-state index < -0.39 is 17.7 Å². The minimum atomic E-state index is -1.15. The van der Waals surface area contributed by atoms with E-state index in [0.29, 0.717) is 5.69 Å². The molecule has 24 heavy (non-hydrogen) atoms. The number of halogens is 2. The molecule has 0 radical (unpaired) electrons. The summed E-state index contributed by atoms with van der Waals surface area (Å²) in [6.07, 6.45) is -1.15. The van der Waals surface area contributed by atoms with Crippen molar-refractivity contribution in [2.45, 2.75) is 13.0 Å². The summed E-state index contributed by atoms with van der Waals surface area (Å²) in [5, 5.41) is 12.8. The van der Waals surface area contributed by atoms with E-state index in [4.69, 9.17) is 0 Å². The van der Waals surface area contributed by atoms with E-state index in [-0.39, 0.29) is 24.6 Å². The molecule has 2 aromatic carbocycles. The van der Waals surface area contributed by atoms with Crippen LogP contribution in [0.4, 0.5) is 14.5 Å². The molecule has 0 aliphatic heterocycles. The monoisotopic (exact) mass is 334 g/mol. The number of carbonyl (C=O) groups is 1. The van der Waals surface area contributed by atoms with Gasteiger partial charge in [-0.05, 0) is 32.2 Å². The third-order valence-corrected chi connectivity index (χ3v) is 3.55. The minimum Gasteiger partial charge on any atom is -0.387 e. The Morgan fingerprint density at radius 1 is 1.21 bits per heavy atom. The molecule has 128 valence electrons. The molecule has 0 aliphatic carbocycles. The number of rotatable bonds is 6. The van der Waals surface area contributed by atoms with Crippen molar-refractivity contribution < 1.29 is 18.7 Å². The van der Waals surface area contributed by atoms with Gasteiger partial charge >= 0.3 is 0 Å². The van der Waals surface area contributed by atoms with Crippen molar-refractivity contribution in [3.8, 4) is 0 Å². The van der Waals surface area contributed by atoms with Crippen LogP contribution in [-0.4, -0.2) is 36.1 Å². The highest BCUT2D eigenvalue weighted by atomic mass is 19.1. The number of aryl methyl sites for hydroxylation is 1. The SMILES string of the molecule is Cc1ccc(NC(=O)CN(C)CC(O)c2ccc(F)cc2F)cc1. The maximum atomic E-state index is 13.6. The second kappa shape index (κ2) is 7.99. The smallest absolute Gasteiger partial charge is 0.238 e. The molecule has 0 aromatic heterocycles. The Bertz CT molecular complexity index is 705. The lowest BCUT2D eigenvalue weighted by atomic mass is 10.1. The molecule has 0 saturated heterocycles. The number of nitrogens with zero attached hydrogens (tertiary/aromatic N) is 1. The lowest BCUT2D eigenvalue weighted by Crippen LogP contribution is -2.33. The molecule has 4 nitrogen and oxygen atoms in total. The largest absolute Gasteiger partial charge is 0.387 e. The first-order valence-corrected chi connectivity index (χ1v) is 7.53. The van der Waals surface area contributed by atoms with Gasteiger partial charge < -0.3 is 10.4 Å². The van der Waals surface area contributed by atoms with Crippen molar-refractivity contribution in [2.75, 3.05) is 25.5 Å². The molecule has 6 heteroatoms. The van der Waals surface area contributed by atoms with Gasteiger partial charge in [-0.2, -0.15) is 0 Å². The van der Waals surface area contributed by atoms with E-state index >= 15 is 0 Å². The lowest BCUT2D eigenvalue weighted by Gasteiger charge is -2.20. The third-order valence-electron chi connectivity index (χ3n) is 3.55. The predicted molar refractivity (Wildman–Crippen MR) is 88.6 cm³/mol. The molecule has 1 amide bonds. The number of carbonyl (C=O) groups excluding carboxylic acids is 1. The molecule has 2 aromatic rings. The highest BCUT2D eigenvalue weighted by Crippen LogP contribution is 2.18. The fraction of sp³-hybridized carbons (Fsp3) is 0.278. The number of benzene rings is 2. The van der Waals surface area contributed by atoms with Crippen molar-refractivity contribution in [2.24, 2.45) is 0 Å². The summed E-state index contributed by atoms with van der Waals surface area (Å²) in [4.78, 5) is 13.5. The molecule has 1 unspecified atom stereocenters. The number of amides is 1. The van der Waals surface area contributed by atoms with Gasteiger partial charge in [-0.15, -0.1) is 0 Å². The maximum absolute atomic E-state index is 13.6. The van der Waals surface area contributed by atoms with Crippen molar-refractivity contribution in [1.29, 1.82) is 0 Å². The highest BCUT2D eigenvalue weighted by Gasteiger charge is 2.17. The topological polar surface area (TPSA) is 52.6 Å². The number of likely N-dealkylation sites (N-methyl/N-ethyl adjacent to an activating group) is 1. The Morgan fingerprint density at radius 2 is 1.88 bits per heavy atom. The second-order valence-electron chi connectivity index (χ2n) is 5.79. The number of hydrogen-bond donors (Lipinski definition) is 2. The zero-order chi connectivity index (χ0) is 17.7. The molecule has 0 spiro atoms. The molecule has 1 atom stereocenters. The van der Waals surface area contributed by atoms with Crippen molar-refractivity contribution >= 4 is 11.6 Å². The number of aliphatic hydroxyl groups excluding tert-OH is 1. The van der Waals surface area contributed by atoms with E-state index in [9.17, 15) is 18.7 Å². The summed E-state index contributed by atoms with van der Waals surface area (Å²) in [5.74, 6) is -1.75. The Morgan fingerprint density at radius 3 is 2.50 bits per heavy atom. The molecule has 2 rings (SSSR count). The fourth-order valence-corrected chi connectivity index (χ4v) is 2.31. The van der Waals surface area contributed by atoms with E-state index in [1.165, 1.54) is 6.07 Å². The normalized spacial score (nSPS) is 12.2. The van der Waals surface area contributed by atoms with Crippen LogP contribution in [0, 0.1) is 18.6 Å².